The smallest absolute Gasteiger partial charge is 0.266 e. The van der Waals surface area contributed by atoms with Gasteiger partial charge < -0.3 is 5.32 Å². The molecule has 0 radical (unpaired) electrons. The van der Waals surface area contributed by atoms with Crippen LogP contribution in [-0.2, 0) is 4.79 Å². The zero-order chi connectivity index (χ0) is 21.1. The maximum atomic E-state index is 13.2. The minimum Gasteiger partial charge on any atom is -0.325 e. The number of hydrogen-bond donors (Lipinski definition) is 1. The molecule has 4 rings (SSSR count). The Balaban J connectivity index is 1.66. The van der Waals surface area contributed by atoms with Crippen molar-refractivity contribution in [3.05, 3.63) is 93.4 Å². The van der Waals surface area contributed by atoms with Gasteiger partial charge in [0.1, 0.15) is 5.82 Å². The second-order valence-electron chi connectivity index (χ2n) is 6.37. The average molecular weight is 484 g/mol. The molecule has 1 amide bonds. The lowest BCUT2D eigenvalue weighted by Gasteiger charge is -2.13. The molecule has 1 heterocycles. The van der Waals surface area contributed by atoms with Crippen LogP contribution >= 0.6 is 27.7 Å². The zero-order valence-corrected chi connectivity index (χ0v) is 17.9. The molecule has 1 N–H and O–H groups in total. The van der Waals surface area contributed by atoms with Gasteiger partial charge in [-0.2, -0.15) is 0 Å². The highest BCUT2D eigenvalue weighted by atomic mass is 79.9. The Labute approximate surface area is 184 Å². The first-order valence-corrected chi connectivity index (χ1v) is 10.7. The Morgan fingerprint density at radius 1 is 1.03 bits per heavy atom. The summed E-state index contributed by atoms with van der Waals surface area (Å²) in [4.78, 5) is 30.1. The third kappa shape index (κ3) is 4.44. The van der Waals surface area contributed by atoms with Gasteiger partial charge in [-0.15, -0.1) is 0 Å². The Kier molecular flexibility index (Phi) is 5.96. The largest absolute Gasteiger partial charge is 0.325 e. The van der Waals surface area contributed by atoms with Crippen LogP contribution in [0.4, 0.5) is 10.1 Å². The molecule has 1 aromatic heterocycles. The fourth-order valence-corrected chi connectivity index (χ4v) is 3.96. The number of anilines is 1. The quantitative estimate of drug-likeness (QED) is 0.319. The summed E-state index contributed by atoms with van der Waals surface area (Å²) < 4.78 is 15.4. The monoisotopic (exact) mass is 483 g/mol. The average Bonchev–Trinajstić information content (AvgIpc) is 2.75. The van der Waals surface area contributed by atoms with Crippen molar-refractivity contribution >= 4 is 50.2 Å². The van der Waals surface area contributed by atoms with Crippen LogP contribution in [0.1, 0.15) is 0 Å². The van der Waals surface area contributed by atoms with E-state index < -0.39 is 0 Å². The predicted molar refractivity (Wildman–Crippen MR) is 121 cm³/mol. The van der Waals surface area contributed by atoms with Crippen molar-refractivity contribution in [1.82, 2.24) is 9.55 Å². The number of para-hydroxylation sites is 1. The molecule has 0 aliphatic rings. The van der Waals surface area contributed by atoms with E-state index in [1.54, 1.807) is 18.2 Å². The van der Waals surface area contributed by atoms with Crippen LogP contribution in [0.2, 0.25) is 0 Å². The van der Waals surface area contributed by atoms with Gasteiger partial charge in [0, 0.05) is 10.2 Å². The molecule has 4 aromatic rings. The zero-order valence-electron chi connectivity index (χ0n) is 15.5. The van der Waals surface area contributed by atoms with Crippen LogP contribution in [-0.4, -0.2) is 21.2 Å². The topological polar surface area (TPSA) is 64.0 Å². The van der Waals surface area contributed by atoms with Gasteiger partial charge >= 0.3 is 0 Å². The van der Waals surface area contributed by atoms with Crippen LogP contribution in [0.15, 0.2) is 87.2 Å². The van der Waals surface area contributed by atoms with Crippen LogP contribution in [0, 0.1) is 5.82 Å². The summed E-state index contributed by atoms with van der Waals surface area (Å²) in [7, 11) is 0. The molecule has 0 saturated carbocycles. The fourth-order valence-electron chi connectivity index (χ4n) is 2.89. The molecule has 0 fully saturated rings. The summed E-state index contributed by atoms with van der Waals surface area (Å²) in [6.07, 6.45) is 0. The van der Waals surface area contributed by atoms with Crippen molar-refractivity contribution in [3.63, 3.8) is 0 Å². The van der Waals surface area contributed by atoms with Crippen molar-refractivity contribution in [2.45, 2.75) is 5.16 Å². The van der Waals surface area contributed by atoms with E-state index in [1.165, 1.54) is 28.8 Å². The van der Waals surface area contributed by atoms with Gasteiger partial charge in [-0.1, -0.05) is 39.8 Å². The second kappa shape index (κ2) is 8.81. The Morgan fingerprint density at radius 3 is 2.47 bits per heavy atom. The third-order valence-electron chi connectivity index (χ3n) is 4.29. The van der Waals surface area contributed by atoms with Crippen molar-refractivity contribution < 1.29 is 9.18 Å². The first kappa shape index (κ1) is 20.3. The highest BCUT2D eigenvalue weighted by Gasteiger charge is 2.15. The number of carbonyl (C=O) groups is 1. The standard InChI is InChI=1S/C22H15BrFN3O2S/c23-14-5-11-17(12-6-14)27-21(29)18-3-1-2-4-19(18)26-22(27)30-13-20(28)25-16-9-7-15(24)8-10-16/h1-12H,13H2,(H,25,28). The molecule has 0 atom stereocenters. The Hall–Kier alpha value is -2.97. The van der Waals surface area contributed by atoms with E-state index in [-0.39, 0.29) is 23.0 Å². The molecular formula is C22H15BrFN3O2S. The van der Waals surface area contributed by atoms with Gasteiger partial charge in [-0.05, 0) is 60.7 Å². The van der Waals surface area contributed by atoms with E-state index in [4.69, 9.17) is 0 Å². The number of nitrogens with zero attached hydrogens (tertiary/aromatic N) is 2. The van der Waals surface area contributed by atoms with Crippen molar-refractivity contribution in [2.75, 3.05) is 11.1 Å². The molecule has 30 heavy (non-hydrogen) atoms. The van der Waals surface area contributed by atoms with E-state index in [2.05, 4.69) is 26.2 Å². The summed E-state index contributed by atoms with van der Waals surface area (Å²) in [5.41, 5.74) is 1.52. The number of aromatic nitrogens is 2. The van der Waals surface area contributed by atoms with E-state index in [1.807, 2.05) is 30.3 Å². The van der Waals surface area contributed by atoms with Gasteiger partial charge in [-0.3, -0.25) is 14.2 Å². The van der Waals surface area contributed by atoms with Gasteiger partial charge in [0.15, 0.2) is 5.16 Å². The van der Waals surface area contributed by atoms with Gasteiger partial charge in [0.05, 0.1) is 22.3 Å². The van der Waals surface area contributed by atoms with Crippen molar-refractivity contribution in [2.24, 2.45) is 0 Å². The fraction of sp³-hybridized carbons (Fsp3) is 0.0455. The SMILES string of the molecule is O=C(CSc1nc2ccccc2c(=O)n1-c1ccc(Br)cc1)Nc1ccc(F)cc1. The van der Waals surface area contributed by atoms with E-state index in [0.717, 1.165) is 16.2 Å². The summed E-state index contributed by atoms with van der Waals surface area (Å²) in [5.74, 6) is -0.615. The first-order valence-electron chi connectivity index (χ1n) is 8.97. The summed E-state index contributed by atoms with van der Waals surface area (Å²) >= 11 is 4.56. The van der Waals surface area contributed by atoms with Gasteiger partial charge in [0.2, 0.25) is 5.91 Å². The number of thioether (sulfide) groups is 1. The molecule has 0 unspecified atom stereocenters. The van der Waals surface area contributed by atoms with Gasteiger partial charge in [0.25, 0.3) is 5.56 Å². The number of benzene rings is 3. The lowest BCUT2D eigenvalue weighted by Crippen LogP contribution is -2.23. The van der Waals surface area contributed by atoms with Crippen LogP contribution in [0.3, 0.4) is 0 Å². The minimum absolute atomic E-state index is 0.0404. The number of hydrogen-bond acceptors (Lipinski definition) is 4. The number of nitrogens with one attached hydrogen (secondary N) is 1. The molecule has 8 heteroatoms. The molecule has 3 aromatic carbocycles. The van der Waals surface area contributed by atoms with Gasteiger partial charge in [-0.25, -0.2) is 9.37 Å². The van der Waals surface area contributed by atoms with Crippen molar-refractivity contribution in [3.8, 4) is 5.69 Å². The molecule has 0 bridgehead atoms. The number of carbonyl (C=O) groups excluding carboxylic acids is 1. The maximum Gasteiger partial charge on any atom is 0.266 e. The molecule has 0 aliphatic heterocycles. The number of fused-ring (bicyclic) bond motifs is 1. The third-order valence-corrected chi connectivity index (χ3v) is 5.76. The number of amides is 1. The van der Waals surface area contributed by atoms with Crippen LogP contribution in [0.5, 0.6) is 0 Å². The first-order chi connectivity index (χ1) is 14.5. The highest BCUT2D eigenvalue weighted by molar-refractivity contribution is 9.10. The molecule has 5 nitrogen and oxygen atoms in total. The van der Waals surface area contributed by atoms with E-state index in [9.17, 15) is 14.0 Å². The lowest BCUT2D eigenvalue weighted by molar-refractivity contribution is -0.113. The number of halogens is 2. The summed E-state index contributed by atoms with van der Waals surface area (Å²) in [6.45, 7) is 0. The molecular weight excluding hydrogens is 469 g/mol. The maximum absolute atomic E-state index is 13.2. The normalized spacial score (nSPS) is 10.9. The molecule has 150 valence electrons. The second-order valence-corrected chi connectivity index (χ2v) is 8.23. The summed E-state index contributed by atoms with van der Waals surface area (Å²) in [5, 5.41) is 3.62. The van der Waals surface area contributed by atoms with E-state index in [0.29, 0.717) is 27.4 Å². The number of rotatable bonds is 5. The molecule has 0 saturated heterocycles. The molecule has 0 aliphatic carbocycles. The van der Waals surface area contributed by atoms with Crippen LogP contribution in [0.25, 0.3) is 16.6 Å². The highest BCUT2D eigenvalue weighted by Crippen LogP contribution is 2.23. The Bertz CT molecular complexity index is 1270. The van der Waals surface area contributed by atoms with Crippen LogP contribution < -0.4 is 10.9 Å². The predicted octanol–water partition coefficient (Wildman–Crippen LogP) is 5.02. The minimum atomic E-state index is -0.374. The molecule has 0 spiro atoms. The lowest BCUT2D eigenvalue weighted by atomic mass is 10.2. The Morgan fingerprint density at radius 2 is 1.73 bits per heavy atom. The summed E-state index contributed by atoms with van der Waals surface area (Å²) in [6, 6.07) is 19.9. The van der Waals surface area contributed by atoms with E-state index >= 15 is 0 Å². The van der Waals surface area contributed by atoms with Crippen molar-refractivity contribution in [1.29, 1.82) is 0 Å².